The highest BCUT2D eigenvalue weighted by molar-refractivity contribution is 5.99. The topological polar surface area (TPSA) is 87.1 Å². The van der Waals surface area contributed by atoms with Crippen LogP contribution >= 0.6 is 0 Å². The molecule has 8 heteroatoms. The highest BCUT2D eigenvalue weighted by Gasteiger charge is 2.27. The fraction of sp³-hybridized carbons (Fsp3) is 0.286. The van der Waals surface area contributed by atoms with Crippen molar-refractivity contribution in [2.75, 3.05) is 37.0 Å². The number of hydrogen-bond donors (Lipinski definition) is 1. The molecule has 4 rings (SSSR count). The Morgan fingerprint density at radius 3 is 2.79 bits per heavy atom. The quantitative estimate of drug-likeness (QED) is 0.714. The summed E-state index contributed by atoms with van der Waals surface area (Å²) >= 11 is 0. The zero-order chi connectivity index (χ0) is 20.2. The largest absolute Gasteiger partial charge is 0.362 e. The van der Waals surface area contributed by atoms with Gasteiger partial charge in [-0.25, -0.2) is 15.0 Å². The van der Waals surface area contributed by atoms with Crippen LogP contribution in [0, 0.1) is 0 Å². The normalized spacial score (nSPS) is 15.9. The van der Waals surface area contributed by atoms with Crippen LogP contribution in [0.5, 0.6) is 0 Å². The number of nitrogens with zero attached hydrogens (tertiary/aromatic N) is 6. The Balaban J connectivity index is 1.44. The van der Waals surface area contributed by atoms with Crippen molar-refractivity contribution in [2.24, 2.45) is 0 Å². The molecule has 0 aliphatic carbocycles. The highest BCUT2D eigenvalue weighted by atomic mass is 16.1. The first kappa shape index (κ1) is 18.8. The van der Waals surface area contributed by atoms with Crippen molar-refractivity contribution in [3.63, 3.8) is 0 Å². The van der Waals surface area contributed by atoms with Crippen LogP contribution in [0.3, 0.4) is 0 Å². The van der Waals surface area contributed by atoms with Crippen molar-refractivity contribution in [1.29, 1.82) is 0 Å². The van der Waals surface area contributed by atoms with Gasteiger partial charge in [-0.15, -0.1) is 0 Å². The van der Waals surface area contributed by atoms with Gasteiger partial charge in [0.15, 0.2) is 0 Å². The van der Waals surface area contributed by atoms with E-state index in [0.717, 1.165) is 24.2 Å². The summed E-state index contributed by atoms with van der Waals surface area (Å²) in [6.07, 6.45) is 7.81. The van der Waals surface area contributed by atoms with E-state index in [-0.39, 0.29) is 11.9 Å². The maximum atomic E-state index is 12.8. The molecule has 3 aromatic heterocycles. The van der Waals surface area contributed by atoms with E-state index < -0.39 is 0 Å². The van der Waals surface area contributed by atoms with Crippen molar-refractivity contribution in [3.8, 4) is 11.3 Å². The van der Waals surface area contributed by atoms with Gasteiger partial charge in [0.25, 0.3) is 5.91 Å². The van der Waals surface area contributed by atoms with Crippen LogP contribution in [0.4, 0.5) is 11.8 Å². The van der Waals surface area contributed by atoms with Gasteiger partial charge in [-0.05, 0) is 36.8 Å². The van der Waals surface area contributed by atoms with Gasteiger partial charge in [0.2, 0.25) is 5.95 Å². The lowest BCUT2D eigenvalue weighted by molar-refractivity contribution is 0.0940. The Bertz CT molecular complexity index is 993. The molecule has 4 heterocycles. The van der Waals surface area contributed by atoms with E-state index in [1.54, 1.807) is 36.9 Å². The van der Waals surface area contributed by atoms with Crippen LogP contribution in [0.25, 0.3) is 11.3 Å². The Hall–Kier alpha value is -3.55. The van der Waals surface area contributed by atoms with E-state index >= 15 is 0 Å². The molecule has 0 spiro atoms. The lowest BCUT2D eigenvalue weighted by atomic mass is 10.2. The molecule has 0 radical (unpaired) electrons. The summed E-state index contributed by atoms with van der Waals surface area (Å²) in [7, 11) is 3.76. The number of aromatic nitrogens is 4. The van der Waals surface area contributed by atoms with Crippen molar-refractivity contribution in [2.45, 2.75) is 12.5 Å². The third-order valence-electron chi connectivity index (χ3n) is 4.86. The second-order valence-corrected chi connectivity index (χ2v) is 7.16. The first-order valence-electron chi connectivity index (χ1n) is 9.53. The van der Waals surface area contributed by atoms with Gasteiger partial charge >= 0.3 is 0 Å². The van der Waals surface area contributed by atoms with Crippen molar-refractivity contribution >= 4 is 17.7 Å². The van der Waals surface area contributed by atoms with Crippen molar-refractivity contribution in [1.82, 2.24) is 25.3 Å². The summed E-state index contributed by atoms with van der Waals surface area (Å²) in [5.41, 5.74) is 2.36. The molecule has 1 saturated heterocycles. The van der Waals surface area contributed by atoms with Crippen LogP contribution in [0.2, 0.25) is 0 Å². The van der Waals surface area contributed by atoms with Crippen LogP contribution in [-0.2, 0) is 0 Å². The summed E-state index contributed by atoms with van der Waals surface area (Å²) in [5.74, 6) is 1.21. The predicted molar refractivity (Wildman–Crippen MR) is 112 cm³/mol. The Morgan fingerprint density at radius 2 is 2.00 bits per heavy atom. The number of anilines is 2. The molecule has 0 bridgehead atoms. The molecule has 1 atom stereocenters. The third-order valence-corrected chi connectivity index (χ3v) is 4.86. The summed E-state index contributed by atoms with van der Waals surface area (Å²) in [6, 6.07) is 9.34. The molecular weight excluding hydrogens is 366 g/mol. The minimum absolute atomic E-state index is 0.0309. The number of nitrogens with one attached hydrogen (secondary N) is 1. The molecule has 29 heavy (non-hydrogen) atoms. The average Bonchev–Trinajstić information content (AvgIpc) is 3.23. The summed E-state index contributed by atoms with van der Waals surface area (Å²) < 4.78 is 0. The minimum Gasteiger partial charge on any atom is -0.362 e. The fourth-order valence-electron chi connectivity index (χ4n) is 3.43. The minimum atomic E-state index is -0.112. The van der Waals surface area contributed by atoms with E-state index in [1.165, 1.54) is 0 Å². The molecule has 1 amide bonds. The Morgan fingerprint density at radius 1 is 1.14 bits per heavy atom. The summed E-state index contributed by atoms with van der Waals surface area (Å²) in [5, 5.41) is 3.12. The average molecular weight is 389 g/mol. The molecule has 8 nitrogen and oxygen atoms in total. The molecular formula is C21H23N7O. The number of rotatable bonds is 5. The lowest BCUT2D eigenvalue weighted by Gasteiger charge is -2.19. The fourth-order valence-corrected chi connectivity index (χ4v) is 3.43. The number of carbonyl (C=O) groups is 1. The first-order valence-corrected chi connectivity index (χ1v) is 9.53. The monoisotopic (exact) mass is 389 g/mol. The highest BCUT2D eigenvalue weighted by Crippen LogP contribution is 2.21. The lowest BCUT2D eigenvalue weighted by Crippen LogP contribution is -2.38. The second kappa shape index (κ2) is 8.22. The number of hydrogen-bond acceptors (Lipinski definition) is 7. The van der Waals surface area contributed by atoms with E-state index in [9.17, 15) is 4.79 Å². The van der Waals surface area contributed by atoms with Crippen molar-refractivity contribution in [3.05, 3.63) is 60.7 Å². The molecule has 1 unspecified atom stereocenters. The molecule has 1 N–H and O–H groups in total. The maximum absolute atomic E-state index is 12.8. The second-order valence-electron chi connectivity index (χ2n) is 7.16. The molecule has 1 aliphatic rings. The van der Waals surface area contributed by atoms with Gasteiger partial charge in [-0.3, -0.25) is 9.78 Å². The number of carbonyl (C=O) groups excluding carboxylic acids is 1. The van der Waals surface area contributed by atoms with Gasteiger partial charge in [-0.2, -0.15) is 0 Å². The molecule has 1 fully saturated rings. The zero-order valence-electron chi connectivity index (χ0n) is 16.5. The first-order chi connectivity index (χ1) is 14.1. The molecule has 148 valence electrons. The Kier molecular flexibility index (Phi) is 5.33. The summed E-state index contributed by atoms with van der Waals surface area (Å²) in [4.78, 5) is 34.3. The molecule has 0 aromatic carbocycles. The van der Waals surface area contributed by atoms with Gasteiger partial charge < -0.3 is 15.1 Å². The summed E-state index contributed by atoms with van der Waals surface area (Å²) in [6.45, 7) is 1.45. The van der Waals surface area contributed by atoms with Gasteiger partial charge in [-0.1, -0.05) is 0 Å². The molecule has 0 saturated carbocycles. The van der Waals surface area contributed by atoms with E-state index in [2.05, 4.69) is 30.2 Å². The zero-order valence-corrected chi connectivity index (χ0v) is 16.5. The van der Waals surface area contributed by atoms with Gasteiger partial charge in [0, 0.05) is 63.6 Å². The predicted octanol–water partition coefficient (Wildman–Crippen LogP) is 2.01. The van der Waals surface area contributed by atoms with E-state index in [4.69, 9.17) is 0 Å². The van der Waals surface area contributed by atoms with Gasteiger partial charge in [0.05, 0.1) is 11.3 Å². The van der Waals surface area contributed by atoms with Crippen LogP contribution in [-0.4, -0.2) is 59.1 Å². The number of amides is 1. The Labute approximate surface area is 169 Å². The SMILES string of the molecule is CN(C)c1ncccc1C(=O)NC1CCN(c2nccc(-c3cccnc3)n2)C1. The van der Waals surface area contributed by atoms with E-state index in [0.29, 0.717) is 23.9 Å². The number of pyridine rings is 2. The van der Waals surface area contributed by atoms with Crippen LogP contribution in [0.15, 0.2) is 55.1 Å². The molecule has 3 aromatic rings. The van der Waals surface area contributed by atoms with Crippen LogP contribution < -0.4 is 15.1 Å². The van der Waals surface area contributed by atoms with E-state index in [1.807, 2.05) is 37.2 Å². The standard InChI is InChI=1S/C21H23N7O/c1-27(2)19-17(6-4-10-23-19)20(29)25-16-8-12-28(14-16)21-24-11-7-18(26-21)15-5-3-9-22-13-15/h3-7,9-11,13,16H,8,12,14H2,1-2H3,(H,25,29). The third kappa shape index (κ3) is 4.16. The van der Waals surface area contributed by atoms with Gasteiger partial charge in [0.1, 0.15) is 5.82 Å². The smallest absolute Gasteiger partial charge is 0.255 e. The molecule has 1 aliphatic heterocycles. The van der Waals surface area contributed by atoms with Crippen LogP contribution in [0.1, 0.15) is 16.8 Å². The maximum Gasteiger partial charge on any atom is 0.255 e. The van der Waals surface area contributed by atoms with Crippen molar-refractivity contribution < 1.29 is 4.79 Å².